The Balaban J connectivity index is 2.64. The van der Waals surface area contributed by atoms with E-state index in [4.69, 9.17) is 11.0 Å². The second-order valence-electron chi connectivity index (χ2n) is 5.73. The summed E-state index contributed by atoms with van der Waals surface area (Å²) in [5, 5.41) is 9.03. The quantitative estimate of drug-likeness (QED) is 0.818. The maximum atomic E-state index is 9.03. The van der Waals surface area contributed by atoms with Crippen LogP contribution in [0.2, 0.25) is 0 Å². The van der Waals surface area contributed by atoms with E-state index in [0.717, 1.165) is 6.42 Å². The monoisotopic (exact) mass is 237 g/mol. The van der Waals surface area contributed by atoms with Crippen LogP contribution in [0, 0.1) is 11.3 Å². The summed E-state index contributed by atoms with van der Waals surface area (Å²) in [6, 6.07) is 3.30. The van der Waals surface area contributed by atoms with Crippen molar-refractivity contribution in [2.24, 2.45) is 5.73 Å². The Bertz CT molecular complexity index is 267. The number of nitrogens with two attached hydrogens (primary N) is 1. The zero-order valence-electron chi connectivity index (χ0n) is 11.6. The normalized spacial score (nSPS) is 27.8. The summed E-state index contributed by atoms with van der Waals surface area (Å²) in [6.07, 6.45) is 7.25. The van der Waals surface area contributed by atoms with E-state index >= 15 is 0 Å². The van der Waals surface area contributed by atoms with Crippen molar-refractivity contribution in [1.82, 2.24) is 4.90 Å². The van der Waals surface area contributed by atoms with E-state index in [0.29, 0.717) is 12.1 Å². The fraction of sp³-hybridized carbons (Fsp3) is 0.929. The molecule has 3 heteroatoms. The first-order chi connectivity index (χ1) is 8.00. The molecule has 0 aromatic heterocycles. The second-order valence-corrected chi connectivity index (χ2v) is 5.73. The zero-order chi connectivity index (χ0) is 12.9. The third kappa shape index (κ3) is 4.29. The van der Waals surface area contributed by atoms with E-state index in [1.54, 1.807) is 0 Å². The van der Waals surface area contributed by atoms with Gasteiger partial charge in [0.15, 0.2) is 0 Å². The summed E-state index contributed by atoms with van der Waals surface area (Å²) in [5.41, 5.74) is 5.27. The van der Waals surface area contributed by atoms with E-state index in [2.05, 4.69) is 24.8 Å². The molecular formula is C14H27N3. The lowest BCUT2D eigenvalue weighted by molar-refractivity contribution is 0.126. The third-order valence-electron chi connectivity index (χ3n) is 3.93. The molecule has 3 unspecified atom stereocenters. The minimum absolute atomic E-state index is 0.410. The number of likely N-dealkylation sites (tertiary alicyclic amines) is 1. The molecule has 1 rings (SSSR count). The molecule has 0 amide bonds. The van der Waals surface area contributed by atoms with Crippen LogP contribution in [-0.4, -0.2) is 29.1 Å². The van der Waals surface area contributed by atoms with Gasteiger partial charge in [-0.3, -0.25) is 4.90 Å². The Morgan fingerprint density at radius 2 is 2.18 bits per heavy atom. The van der Waals surface area contributed by atoms with E-state index in [1.807, 2.05) is 6.92 Å². The number of hydrogen-bond donors (Lipinski definition) is 1. The second kappa shape index (κ2) is 6.37. The molecule has 98 valence electrons. The molecule has 0 aliphatic carbocycles. The molecule has 0 bridgehead atoms. The molecule has 3 nitrogen and oxygen atoms in total. The van der Waals surface area contributed by atoms with Crippen molar-refractivity contribution in [3.05, 3.63) is 0 Å². The van der Waals surface area contributed by atoms with Crippen LogP contribution in [-0.2, 0) is 0 Å². The lowest BCUT2D eigenvalue weighted by Crippen LogP contribution is -2.47. The average molecular weight is 237 g/mol. The summed E-state index contributed by atoms with van der Waals surface area (Å²) in [4.78, 5) is 2.58. The van der Waals surface area contributed by atoms with Gasteiger partial charge in [-0.1, -0.05) is 19.8 Å². The van der Waals surface area contributed by atoms with Crippen molar-refractivity contribution in [3.63, 3.8) is 0 Å². The van der Waals surface area contributed by atoms with E-state index < -0.39 is 5.54 Å². The van der Waals surface area contributed by atoms with Crippen molar-refractivity contribution < 1.29 is 0 Å². The van der Waals surface area contributed by atoms with Gasteiger partial charge in [0.25, 0.3) is 0 Å². The van der Waals surface area contributed by atoms with Crippen LogP contribution in [0.25, 0.3) is 0 Å². The van der Waals surface area contributed by atoms with Gasteiger partial charge in [-0.2, -0.15) is 5.26 Å². The fourth-order valence-corrected chi connectivity index (χ4v) is 2.99. The van der Waals surface area contributed by atoms with Crippen molar-refractivity contribution in [1.29, 1.82) is 5.26 Å². The van der Waals surface area contributed by atoms with Gasteiger partial charge in [0.1, 0.15) is 5.54 Å². The number of nitrogens with zero attached hydrogens (tertiary/aromatic N) is 2. The van der Waals surface area contributed by atoms with Crippen molar-refractivity contribution in [2.45, 2.75) is 76.9 Å². The molecule has 2 N–H and O–H groups in total. The first-order valence-electron chi connectivity index (χ1n) is 6.96. The number of hydrogen-bond acceptors (Lipinski definition) is 3. The topological polar surface area (TPSA) is 53.0 Å². The SMILES string of the molecule is CCC1CCCCCN1C(C)CC(C)(N)C#N. The Hall–Kier alpha value is -0.590. The molecule has 1 fully saturated rings. The van der Waals surface area contributed by atoms with Crippen molar-refractivity contribution in [3.8, 4) is 6.07 Å². The largest absolute Gasteiger partial charge is 0.314 e. The van der Waals surface area contributed by atoms with Gasteiger partial charge in [0, 0.05) is 12.1 Å². The van der Waals surface area contributed by atoms with Crippen LogP contribution < -0.4 is 5.73 Å². The third-order valence-corrected chi connectivity index (χ3v) is 3.93. The van der Waals surface area contributed by atoms with Gasteiger partial charge in [0.05, 0.1) is 6.07 Å². The van der Waals surface area contributed by atoms with E-state index in [9.17, 15) is 0 Å². The molecule has 1 saturated heterocycles. The molecule has 3 atom stereocenters. The van der Waals surface area contributed by atoms with Crippen molar-refractivity contribution in [2.75, 3.05) is 6.54 Å². The molecular weight excluding hydrogens is 210 g/mol. The molecule has 1 aliphatic heterocycles. The molecule has 0 radical (unpaired) electrons. The molecule has 0 aromatic carbocycles. The van der Waals surface area contributed by atoms with Gasteiger partial charge in [0.2, 0.25) is 0 Å². The fourth-order valence-electron chi connectivity index (χ4n) is 2.99. The predicted octanol–water partition coefficient (Wildman–Crippen LogP) is 2.66. The molecule has 17 heavy (non-hydrogen) atoms. The van der Waals surface area contributed by atoms with Gasteiger partial charge >= 0.3 is 0 Å². The average Bonchev–Trinajstić information content (AvgIpc) is 2.53. The van der Waals surface area contributed by atoms with Crippen LogP contribution in [0.1, 0.15) is 59.3 Å². The summed E-state index contributed by atoms with van der Waals surface area (Å²) in [5.74, 6) is 0. The smallest absolute Gasteiger partial charge is 0.102 e. The minimum atomic E-state index is -0.690. The highest BCUT2D eigenvalue weighted by Crippen LogP contribution is 2.24. The maximum Gasteiger partial charge on any atom is 0.102 e. The Kier molecular flexibility index (Phi) is 5.42. The Morgan fingerprint density at radius 3 is 2.76 bits per heavy atom. The zero-order valence-corrected chi connectivity index (χ0v) is 11.6. The number of rotatable bonds is 4. The van der Waals surface area contributed by atoms with Gasteiger partial charge < -0.3 is 5.73 Å². The van der Waals surface area contributed by atoms with Crippen LogP contribution in [0.5, 0.6) is 0 Å². The van der Waals surface area contributed by atoms with E-state index in [1.165, 1.54) is 38.6 Å². The molecule has 1 aliphatic rings. The molecule has 0 aromatic rings. The Labute approximate surface area is 106 Å². The Morgan fingerprint density at radius 1 is 1.47 bits per heavy atom. The van der Waals surface area contributed by atoms with Crippen LogP contribution >= 0.6 is 0 Å². The minimum Gasteiger partial charge on any atom is -0.314 e. The van der Waals surface area contributed by atoms with Gasteiger partial charge in [-0.25, -0.2) is 0 Å². The van der Waals surface area contributed by atoms with Crippen LogP contribution in [0.15, 0.2) is 0 Å². The van der Waals surface area contributed by atoms with Crippen LogP contribution in [0.3, 0.4) is 0 Å². The first kappa shape index (κ1) is 14.5. The summed E-state index contributed by atoms with van der Waals surface area (Å²) in [6.45, 7) is 7.49. The molecule has 0 saturated carbocycles. The van der Waals surface area contributed by atoms with Gasteiger partial charge in [-0.15, -0.1) is 0 Å². The predicted molar refractivity (Wildman–Crippen MR) is 71.5 cm³/mol. The van der Waals surface area contributed by atoms with Crippen molar-refractivity contribution >= 4 is 0 Å². The lowest BCUT2D eigenvalue weighted by atomic mass is 9.94. The van der Waals surface area contributed by atoms with Gasteiger partial charge in [-0.05, 0) is 46.1 Å². The summed E-state index contributed by atoms with van der Waals surface area (Å²) in [7, 11) is 0. The lowest BCUT2D eigenvalue weighted by Gasteiger charge is -2.36. The summed E-state index contributed by atoms with van der Waals surface area (Å²) < 4.78 is 0. The highest BCUT2D eigenvalue weighted by atomic mass is 15.2. The first-order valence-corrected chi connectivity index (χ1v) is 6.96. The maximum absolute atomic E-state index is 9.03. The van der Waals surface area contributed by atoms with E-state index in [-0.39, 0.29) is 0 Å². The summed E-state index contributed by atoms with van der Waals surface area (Å²) >= 11 is 0. The highest BCUT2D eigenvalue weighted by molar-refractivity contribution is 5.03. The molecule has 1 heterocycles. The molecule has 0 spiro atoms. The van der Waals surface area contributed by atoms with Crippen LogP contribution in [0.4, 0.5) is 0 Å². The number of nitriles is 1. The standard InChI is InChI=1S/C14H27N3/c1-4-13-8-6-5-7-9-17(13)12(2)10-14(3,16)11-15/h12-13H,4-10,16H2,1-3H3. The highest BCUT2D eigenvalue weighted by Gasteiger charge is 2.29.